The normalized spacial score (nSPS) is 15.1. The van der Waals surface area contributed by atoms with Crippen LogP contribution >= 0.6 is 0 Å². The minimum absolute atomic E-state index is 0.0184. The van der Waals surface area contributed by atoms with E-state index in [1.54, 1.807) is 0 Å². The first-order valence-corrected chi connectivity index (χ1v) is 6.04. The second-order valence-corrected chi connectivity index (χ2v) is 4.57. The van der Waals surface area contributed by atoms with Gasteiger partial charge >= 0.3 is 6.18 Å². The number of aliphatic hydroxyl groups is 1. The summed E-state index contributed by atoms with van der Waals surface area (Å²) in [6, 6.07) is 5.35. The van der Waals surface area contributed by atoms with E-state index in [2.05, 4.69) is 4.74 Å². The molecule has 0 aliphatic heterocycles. The van der Waals surface area contributed by atoms with Crippen LogP contribution in [0.1, 0.15) is 12.0 Å². The van der Waals surface area contributed by atoms with E-state index >= 15 is 0 Å². The van der Waals surface area contributed by atoms with E-state index in [1.165, 1.54) is 24.3 Å². The van der Waals surface area contributed by atoms with Gasteiger partial charge in [0.15, 0.2) is 0 Å². The molecule has 3 nitrogen and oxygen atoms in total. The second-order valence-electron chi connectivity index (χ2n) is 4.57. The highest BCUT2D eigenvalue weighted by atomic mass is 19.4. The number of halogens is 4. The van der Waals surface area contributed by atoms with Crippen molar-refractivity contribution in [2.75, 3.05) is 26.4 Å². The van der Waals surface area contributed by atoms with Gasteiger partial charge in [-0.1, -0.05) is 12.1 Å². The minimum atomic E-state index is -4.39. The second kappa shape index (κ2) is 7.01. The number of ether oxygens (including phenoxy) is 1. The van der Waals surface area contributed by atoms with Crippen molar-refractivity contribution in [3.05, 3.63) is 35.6 Å². The average Bonchev–Trinajstić information content (AvgIpc) is 2.40. The number of alkyl halides is 3. The molecular formula is C13H17F4NO2. The van der Waals surface area contributed by atoms with E-state index < -0.39 is 24.0 Å². The van der Waals surface area contributed by atoms with Crippen LogP contribution in [0.5, 0.6) is 0 Å². The van der Waals surface area contributed by atoms with E-state index in [0.717, 1.165) is 0 Å². The third-order valence-corrected chi connectivity index (χ3v) is 3.14. The molecule has 0 bridgehead atoms. The molecule has 0 saturated heterocycles. The molecule has 0 heterocycles. The lowest BCUT2D eigenvalue weighted by Crippen LogP contribution is -2.40. The molecule has 114 valence electrons. The molecule has 0 spiro atoms. The predicted octanol–water partition coefficient (Wildman–Crippen LogP) is 1.98. The van der Waals surface area contributed by atoms with Crippen LogP contribution in [0, 0.1) is 5.82 Å². The fourth-order valence-corrected chi connectivity index (χ4v) is 1.86. The van der Waals surface area contributed by atoms with Gasteiger partial charge in [-0.3, -0.25) is 0 Å². The Kier molecular flexibility index (Phi) is 5.91. The van der Waals surface area contributed by atoms with Gasteiger partial charge in [0.05, 0.1) is 6.61 Å². The van der Waals surface area contributed by atoms with E-state index in [4.69, 9.17) is 5.73 Å². The molecule has 3 N–H and O–H groups in total. The SMILES string of the molecule is NCC(CO)(CCOCC(F)(F)F)c1ccc(F)cc1. The number of benzene rings is 1. The number of nitrogens with two attached hydrogens (primary N) is 1. The van der Waals surface area contributed by atoms with Crippen LogP contribution in [-0.4, -0.2) is 37.6 Å². The highest BCUT2D eigenvalue weighted by molar-refractivity contribution is 5.26. The van der Waals surface area contributed by atoms with Gasteiger partial charge in [-0.15, -0.1) is 0 Å². The summed E-state index contributed by atoms with van der Waals surface area (Å²) < 4.78 is 53.3. The zero-order valence-corrected chi connectivity index (χ0v) is 10.8. The molecule has 0 aliphatic rings. The maximum Gasteiger partial charge on any atom is 0.411 e. The first-order valence-electron chi connectivity index (χ1n) is 6.04. The summed E-state index contributed by atoms with van der Waals surface area (Å²) in [5, 5.41) is 9.51. The van der Waals surface area contributed by atoms with Crippen molar-refractivity contribution in [3.8, 4) is 0 Å². The molecule has 1 atom stereocenters. The Morgan fingerprint density at radius 1 is 1.15 bits per heavy atom. The number of hydrogen-bond donors (Lipinski definition) is 2. The maximum absolute atomic E-state index is 12.9. The van der Waals surface area contributed by atoms with E-state index in [9.17, 15) is 22.7 Å². The van der Waals surface area contributed by atoms with Crippen LogP contribution in [0.4, 0.5) is 17.6 Å². The topological polar surface area (TPSA) is 55.5 Å². The Balaban J connectivity index is 2.69. The van der Waals surface area contributed by atoms with Gasteiger partial charge in [-0.2, -0.15) is 13.2 Å². The molecule has 0 aromatic heterocycles. The van der Waals surface area contributed by atoms with Crippen molar-refractivity contribution in [2.45, 2.75) is 18.0 Å². The van der Waals surface area contributed by atoms with Gasteiger partial charge < -0.3 is 15.6 Å². The van der Waals surface area contributed by atoms with Crippen LogP contribution < -0.4 is 5.73 Å². The Morgan fingerprint density at radius 3 is 2.20 bits per heavy atom. The van der Waals surface area contributed by atoms with Gasteiger partial charge in [0.25, 0.3) is 0 Å². The van der Waals surface area contributed by atoms with Crippen LogP contribution in [-0.2, 0) is 10.2 Å². The zero-order chi connectivity index (χ0) is 15.2. The summed E-state index contributed by atoms with van der Waals surface area (Å²) in [7, 11) is 0. The van der Waals surface area contributed by atoms with Gasteiger partial charge in [-0.05, 0) is 24.1 Å². The molecule has 0 radical (unpaired) electrons. The van der Waals surface area contributed by atoms with Crippen molar-refractivity contribution in [1.29, 1.82) is 0 Å². The van der Waals surface area contributed by atoms with Gasteiger partial charge in [0.2, 0.25) is 0 Å². The average molecular weight is 295 g/mol. The lowest BCUT2D eigenvalue weighted by atomic mass is 9.78. The van der Waals surface area contributed by atoms with Crippen LogP contribution in [0.2, 0.25) is 0 Å². The smallest absolute Gasteiger partial charge is 0.395 e. The van der Waals surface area contributed by atoms with Crippen molar-refractivity contribution >= 4 is 0 Å². The summed E-state index contributed by atoms with van der Waals surface area (Å²) in [6.07, 6.45) is -4.28. The Morgan fingerprint density at radius 2 is 1.75 bits per heavy atom. The van der Waals surface area contributed by atoms with Crippen LogP contribution in [0.3, 0.4) is 0 Å². The first kappa shape index (κ1) is 16.9. The number of hydrogen-bond acceptors (Lipinski definition) is 3. The standard InChI is InChI=1S/C13H17F4NO2/c14-11-3-1-10(2-4-11)12(7-18,8-19)5-6-20-9-13(15,16)17/h1-4,19H,5-9,18H2. The lowest BCUT2D eigenvalue weighted by molar-refractivity contribution is -0.175. The fraction of sp³-hybridized carbons (Fsp3) is 0.538. The maximum atomic E-state index is 12.9. The van der Waals surface area contributed by atoms with Crippen LogP contribution in [0.25, 0.3) is 0 Å². The summed E-state index contributed by atoms with van der Waals surface area (Å²) in [5.74, 6) is -0.439. The molecule has 0 saturated carbocycles. The monoisotopic (exact) mass is 295 g/mol. The van der Waals surface area contributed by atoms with Crippen LogP contribution in [0.15, 0.2) is 24.3 Å². The Bertz CT molecular complexity index is 402. The number of aliphatic hydroxyl groups excluding tert-OH is 1. The third kappa shape index (κ3) is 4.73. The predicted molar refractivity (Wildman–Crippen MR) is 65.7 cm³/mol. The van der Waals surface area contributed by atoms with E-state index in [-0.39, 0.29) is 26.2 Å². The Hall–Kier alpha value is -1.18. The highest BCUT2D eigenvalue weighted by Crippen LogP contribution is 2.27. The van der Waals surface area contributed by atoms with Crippen molar-refractivity contribution in [1.82, 2.24) is 0 Å². The summed E-state index contributed by atoms with van der Waals surface area (Å²) >= 11 is 0. The quantitative estimate of drug-likeness (QED) is 0.597. The molecule has 0 amide bonds. The fourth-order valence-electron chi connectivity index (χ4n) is 1.86. The molecule has 1 aromatic carbocycles. The third-order valence-electron chi connectivity index (χ3n) is 3.14. The van der Waals surface area contributed by atoms with E-state index in [1.807, 2.05) is 0 Å². The molecule has 7 heteroatoms. The van der Waals surface area contributed by atoms with Gasteiger partial charge in [0.1, 0.15) is 12.4 Å². The Labute approximate surface area is 114 Å². The largest absolute Gasteiger partial charge is 0.411 e. The van der Waals surface area contributed by atoms with Crippen molar-refractivity contribution in [3.63, 3.8) is 0 Å². The van der Waals surface area contributed by atoms with E-state index in [0.29, 0.717) is 5.56 Å². The molecule has 1 aromatic rings. The van der Waals surface area contributed by atoms with Crippen molar-refractivity contribution < 1.29 is 27.4 Å². The molecule has 1 unspecified atom stereocenters. The highest BCUT2D eigenvalue weighted by Gasteiger charge is 2.32. The molecule has 0 fully saturated rings. The number of rotatable bonds is 7. The first-order chi connectivity index (χ1) is 9.33. The molecule has 0 aliphatic carbocycles. The molecule has 20 heavy (non-hydrogen) atoms. The molecule has 1 rings (SSSR count). The van der Waals surface area contributed by atoms with Gasteiger partial charge in [-0.25, -0.2) is 4.39 Å². The summed E-state index contributed by atoms with van der Waals surface area (Å²) in [5.41, 5.74) is 5.26. The summed E-state index contributed by atoms with van der Waals surface area (Å²) in [6.45, 7) is -1.88. The lowest BCUT2D eigenvalue weighted by Gasteiger charge is -2.31. The van der Waals surface area contributed by atoms with Gasteiger partial charge in [0, 0.05) is 18.6 Å². The minimum Gasteiger partial charge on any atom is -0.395 e. The van der Waals surface area contributed by atoms with Crippen molar-refractivity contribution in [2.24, 2.45) is 5.73 Å². The molecular weight excluding hydrogens is 278 g/mol. The summed E-state index contributed by atoms with van der Waals surface area (Å²) in [4.78, 5) is 0. The zero-order valence-electron chi connectivity index (χ0n) is 10.8.